The second-order valence-electron chi connectivity index (χ2n) is 3.50. The molecule has 0 amide bonds. The van der Waals surface area contributed by atoms with Gasteiger partial charge in [0.1, 0.15) is 0 Å². The van der Waals surface area contributed by atoms with Gasteiger partial charge in [-0.3, -0.25) is 0 Å². The van der Waals surface area contributed by atoms with Crippen LogP contribution >= 0.6 is 0 Å². The zero-order chi connectivity index (χ0) is 8.32. The summed E-state index contributed by atoms with van der Waals surface area (Å²) in [5.74, 6) is 0. The quantitative estimate of drug-likeness (QED) is 0.587. The van der Waals surface area contributed by atoms with E-state index >= 15 is 0 Å². The zero-order valence-corrected chi connectivity index (χ0v) is 7.56. The highest BCUT2D eigenvalue weighted by Gasteiger charge is 2.33. The summed E-state index contributed by atoms with van der Waals surface area (Å²) in [6.07, 6.45) is 1.19. The molecule has 1 heterocycles. The van der Waals surface area contributed by atoms with Crippen molar-refractivity contribution in [3.63, 3.8) is 0 Å². The molecule has 0 aliphatic carbocycles. The molecule has 0 saturated carbocycles. The average molecular weight is 157 g/mol. The Labute approximate surface area is 68.9 Å². The molecule has 0 aromatic carbocycles. The van der Waals surface area contributed by atoms with Crippen LogP contribution in [-0.2, 0) is 0 Å². The zero-order valence-electron chi connectivity index (χ0n) is 7.56. The lowest BCUT2D eigenvalue weighted by atomic mass is 9.99. The van der Waals surface area contributed by atoms with Gasteiger partial charge in [-0.05, 0) is 26.6 Å². The van der Waals surface area contributed by atoms with Crippen molar-refractivity contribution in [1.29, 1.82) is 0 Å². The molecule has 3 nitrogen and oxygen atoms in total. The number of hydrogen-bond acceptors (Lipinski definition) is 3. The van der Waals surface area contributed by atoms with Crippen LogP contribution in [-0.4, -0.2) is 43.7 Å². The molecule has 1 saturated heterocycles. The van der Waals surface area contributed by atoms with Crippen LogP contribution in [0.4, 0.5) is 0 Å². The number of nitrogens with two attached hydrogens (primary N) is 1. The molecule has 0 radical (unpaired) electrons. The summed E-state index contributed by atoms with van der Waals surface area (Å²) < 4.78 is 0. The molecule has 1 rings (SSSR count). The summed E-state index contributed by atoms with van der Waals surface area (Å²) in [5.41, 5.74) is 5.94. The molecule has 3 N–H and O–H groups in total. The van der Waals surface area contributed by atoms with E-state index in [2.05, 4.69) is 24.2 Å². The van der Waals surface area contributed by atoms with Crippen LogP contribution in [0.3, 0.4) is 0 Å². The molecule has 0 aromatic rings. The SMILES string of the molecule is CCNC1(CN)CCN(C)C1. The lowest BCUT2D eigenvalue weighted by Crippen LogP contribution is -2.52. The molecular weight excluding hydrogens is 138 g/mol. The Morgan fingerprint density at radius 3 is 2.73 bits per heavy atom. The molecule has 66 valence electrons. The van der Waals surface area contributed by atoms with Crippen LogP contribution in [0.5, 0.6) is 0 Å². The van der Waals surface area contributed by atoms with E-state index in [0.717, 1.165) is 19.6 Å². The van der Waals surface area contributed by atoms with Gasteiger partial charge in [0.2, 0.25) is 0 Å². The van der Waals surface area contributed by atoms with Crippen molar-refractivity contribution in [1.82, 2.24) is 10.2 Å². The van der Waals surface area contributed by atoms with Gasteiger partial charge in [-0.1, -0.05) is 6.92 Å². The first kappa shape index (κ1) is 8.97. The second-order valence-corrected chi connectivity index (χ2v) is 3.50. The molecule has 0 aromatic heterocycles. The number of likely N-dealkylation sites (N-methyl/N-ethyl adjacent to an activating group) is 2. The Hall–Kier alpha value is -0.120. The van der Waals surface area contributed by atoms with Crippen LogP contribution < -0.4 is 11.1 Å². The van der Waals surface area contributed by atoms with E-state index in [4.69, 9.17) is 5.73 Å². The van der Waals surface area contributed by atoms with Crippen LogP contribution in [0.1, 0.15) is 13.3 Å². The molecule has 1 atom stereocenters. The normalized spacial score (nSPS) is 33.0. The van der Waals surface area contributed by atoms with Gasteiger partial charge in [0.15, 0.2) is 0 Å². The highest BCUT2D eigenvalue weighted by molar-refractivity contribution is 4.96. The fourth-order valence-electron chi connectivity index (χ4n) is 1.84. The summed E-state index contributed by atoms with van der Waals surface area (Å²) in [6, 6.07) is 0. The van der Waals surface area contributed by atoms with E-state index in [1.807, 2.05) is 0 Å². The summed E-state index contributed by atoms with van der Waals surface area (Å²) in [5, 5.41) is 3.47. The standard InChI is InChI=1S/C8H19N3/c1-3-10-8(6-9)4-5-11(2)7-8/h10H,3-7,9H2,1-2H3. The first-order valence-corrected chi connectivity index (χ1v) is 4.36. The van der Waals surface area contributed by atoms with Crippen molar-refractivity contribution in [3.8, 4) is 0 Å². The number of nitrogens with one attached hydrogen (secondary N) is 1. The monoisotopic (exact) mass is 157 g/mol. The number of hydrogen-bond donors (Lipinski definition) is 2. The number of rotatable bonds is 3. The summed E-state index contributed by atoms with van der Waals surface area (Å²) in [6.45, 7) is 6.17. The Bertz CT molecular complexity index is 123. The molecule has 1 fully saturated rings. The lowest BCUT2D eigenvalue weighted by molar-refractivity contribution is 0.322. The maximum Gasteiger partial charge on any atom is 0.0444 e. The van der Waals surface area contributed by atoms with E-state index in [1.165, 1.54) is 13.0 Å². The summed E-state index contributed by atoms with van der Waals surface area (Å²) in [7, 11) is 2.15. The van der Waals surface area contributed by atoms with Gasteiger partial charge in [0.25, 0.3) is 0 Å². The molecule has 1 unspecified atom stereocenters. The topological polar surface area (TPSA) is 41.3 Å². The highest BCUT2D eigenvalue weighted by atomic mass is 15.2. The third-order valence-electron chi connectivity index (χ3n) is 2.49. The van der Waals surface area contributed by atoms with Crippen LogP contribution in [0, 0.1) is 0 Å². The third-order valence-corrected chi connectivity index (χ3v) is 2.49. The van der Waals surface area contributed by atoms with E-state index in [1.54, 1.807) is 0 Å². The molecule has 0 bridgehead atoms. The minimum absolute atomic E-state index is 0.212. The van der Waals surface area contributed by atoms with Crippen molar-refractivity contribution >= 4 is 0 Å². The fraction of sp³-hybridized carbons (Fsp3) is 1.00. The largest absolute Gasteiger partial charge is 0.329 e. The fourth-order valence-corrected chi connectivity index (χ4v) is 1.84. The van der Waals surface area contributed by atoms with E-state index in [9.17, 15) is 0 Å². The first-order valence-electron chi connectivity index (χ1n) is 4.36. The smallest absolute Gasteiger partial charge is 0.0444 e. The van der Waals surface area contributed by atoms with Crippen molar-refractivity contribution in [3.05, 3.63) is 0 Å². The van der Waals surface area contributed by atoms with Crippen molar-refractivity contribution < 1.29 is 0 Å². The Morgan fingerprint density at radius 2 is 2.36 bits per heavy atom. The van der Waals surface area contributed by atoms with E-state index < -0.39 is 0 Å². The molecule has 3 heteroatoms. The predicted molar refractivity (Wildman–Crippen MR) is 47.6 cm³/mol. The van der Waals surface area contributed by atoms with Gasteiger partial charge in [-0.15, -0.1) is 0 Å². The van der Waals surface area contributed by atoms with Crippen molar-refractivity contribution in [2.75, 3.05) is 33.2 Å². The van der Waals surface area contributed by atoms with Gasteiger partial charge < -0.3 is 16.0 Å². The Balaban J connectivity index is 2.48. The van der Waals surface area contributed by atoms with E-state index in [0.29, 0.717) is 0 Å². The van der Waals surface area contributed by atoms with Gasteiger partial charge in [0.05, 0.1) is 0 Å². The van der Waals surface area contributed by atoms with Gasteiger partial charge in [0, 0.05) is 18.6 Å². The molecular formula is C8H19N3. The summed E-state index contributed by atoms with van der Waals surface area (Å²) >= 11 is 0. The molecule has 0 spiro atoms. The average Bonchev–Trinajstić information content (AvgIpc) is 2.34. The van der Waals surface area contributed by atoms with E-state index in [-0.39, 0.29) is 5.54 Å². The highest BCUT2D eigenvalue weighted by Crippen LogP contribution is 2.18. The van der Waals surface area contributed by atoms with Gasteiger partial charge >= 0.3 is 0 Å². The van der Waals surface area contributed by atoms with Crippen LogP contribution in [0.15, 0.2) is 0 Å². The lowest BCUT2D eigenvalue weighted by Gasteiger charge is -2.28. The minimum atomic E-state index is 0.212. The number of nitrogens with zero attached hydrogens (tertiary/aromatic N) is 1. The summed E-state index contributed by atoms with van der Waals surface area (Å²) in [4.78, 5) is 2.33. The van der Waals surface area contributed by atoms with Crippen molar-refractivity contribution in [2.24, 2.45) is 5.73 Å². The molecule has 1 aliphatic rings. The Morgan fingerprint density at radius 1 is 1.64 bits per heavy atom. The van der Waals surface area contributed by atoms with Gasteiger partial charge in [-0.2, -0.15) is 0 Å². The Kier molecular flexibility index (Phi) is 2.87. The van der Waals surface area contributed by atoms with Gasteiger partial charge in [-0.25, -0.2) is 0 Å². The molecule has 11 heavy (non-hydrogen) atoms. The van der Waals surface area contributed by atoms with Crippen LogP contribution in [0.2, 0.25) is 0 Å². The van der Waals surface area contributed by atoms with Crippen molar-refractivity contribution in [2.45, 2.75) is 18.9 Å². The minimum Gasteiger partial charge on any atom is -0.329 e. The second kappa shape index (κ2) is 3.52. The first-order chi connectivity index (χ1) is 5.22. The maximum absolute atomic E-state index is 5.73. The van der Waals surface area contributed by atoms with Crippen LogP contribution in [0.25, 0.3) is 0 Å². The third kappa shape index (κ3) is 1.92. The maximum atomic E-state index is 5.73. The predicted octanol–water partition coefficient (Wildman–Crippen LogP) is -0.371. The number of likely N-dealkylation sites (tertiary alicyclic amines) is 1. The molecule has 1 aliphatic heterocycles.